The van der Waals surface area contributed by atoms with Crippen molar-refractivity contribution in [1.82, 2.24) is 0 Å². The number of hydrogen-bond acceptors (Lipinski definition) is 1. The quantitative estimate of drug-likeness (QED) is 0.640. The molecule has 2 fully saturated rings. The molecule has 68 valence electrons. The van der Waals surface area contributed by atoms with E-state index in [0.717, 1.165) is 31.2 Å². The number of aliphatic hydroxyl groups is 1. The summed E-state index contributed by atoms with van der Waals surface area (Å²) in [6.45, 7) is 0.245. The van der Waals surface area contributed by atoms with E-state index in [4.69, 9.17) is 0 Å². The van der Waals surface area contributed by atoms with Gasteiger partial charge in [0.1, 0.15) is 0 Å². The molecule has 0 aliphatic heterocycles. The van der Waals surface area contributed by atoms with Gasteiger partial charge < -0.3 is 5.11 Å². The van der Waals surface area contributed by atoms with Gasteiger partial charge in [0, 0.05) is 12.0 Å². The first-order valence-corrected chi connectivity index (χ1v) is 4.70. The third-order valence-corrected chi connectivity index (χ3v) is 3.65. The maximum absolute atomic E-state index is 12.3. The van der Waals surface area contributed by atoms with E-state index in [1.165, 1.54) is 12.8 Å². The van der Waals surface area contributed by atoms with Crippen molar-refractivity contribution in [3.8, 4) is 0 Å². The molecule has 0 radical (unpaired) electrons. The van der Waals surface area contributed by atoms with Gasteiger partial charge >= 0.3 is 0 Å². The number of hydrogen-bond donors (Lipinski definition) is 1. The third kappa shape index (κ3) is 1.01. The lowest BCUT2D eigenvalue weighted by Crippen LogP contribution is -2.24. The van der Waals surface area contributed by atoms with Gasteiger partial charge in [0.05, 0.1) is 6.33 Å². The zero-order valence-electron chi connectivity index (χ0n) is 7.22. The maximum Gasteiger partial charge on any atom is 0.0859 e. The van der Waals surface area contributed by atoms with Gasteiger partial charge in [0.2, 0.25) is 0 Å². The average Bonchev–Trinajstić information content (AvgIpc) is 2.58. The van der Waals surface area contributed by atoms with E-state index in [2.05, 4.69) is 0 Å². The SMILES string of the molecule is OC[C@@]12CCCC1C/C(=C\F)C2. The highest BCUT2D eigenvalue weighted by atomic mass is 19.1. The molecule has 0 bridgehead atoms. The molecule has 2 heteroatoms. The second-order valence-electron chi connectivity index (χ2n) is 4.26. The molecule has 0 heterocycles. The van der Waals surface area contributed by atoms with Crippen LogP contribution in [0.3, 0.4) is 0 Å². The molecule has 2 saturated carbocycles. The summed E-state index contributed by atoms with van der Waals surface area (Å²) in [6, 6.07) is 0. The number of fused-ring (bicyclic) bond motifs is 1. The molecule has 0 aromatic heterocycles. The molecule has 1 N–H and O–H groups in total. The van der Waals surface area contributed by atoms with Gasteiger partial charge in [-0.1, -0.05) is 6.42 Å². The Hall–Kier alpha value is -0.370. The largest absolute Gasteiger partial charge is 0.396 e. The second-order valence-corrected chi connectivity index (χ2v) is 4.26. The Balaban J connectivity index is 2.20. The maximum atomic E-state index is 12.3. The van der Waals surface area contributed by atoms with Gasteiger partial charge in [-0.15, -0.1) is 0 Å². The van der Waals surface area contributed by atoms with Crippen molar-refractivity contribution >= 4 is 0 Å². The fourth-order valence-electron chi connectivity index (χ4n) is 2.95. The van der Waals surface area contributed by atoms with Crippen LogP contribution in [-0.4, -0.2) is 11.7 Å². The minimum absolute atomic E-state index is 0.0674. The van der Waals surface area contributed by atoms with E-state index in [0.29, 0.717) is 5.92 Å². The smallest absolute Gasteiger partial charge is 0.0859 e. The van der Waals surface area contributed by atoms with Crippen LogP contribution in [0, 0.1) is 11.3 Å². The van der Waals surface area contributed by atoms with Crippen LogP contribution in [-0.2, 0) is 0 Å². The molecule has 12 heavy (non-hydrogen) atoms. The lowest BCUT2D eigenvalue weighted by atomic mass is 9.81. The van der Waals surface area contributed by atoms with Crippen LogP contribution in [0.15, 0.2) is 11.9 Å². The lowest BCUT2D eigenvalue weighted by Gasteiger charge is -2.25. The number of halogens is 1. The van der Waals surface area contributed by atoms with E-state index in [1.54, 1.807) is 0 Å². The summed E-state index contributed by atoms with van der Waals surface area (Å²) >= 11 is 0. The molecular weight excluding hydrogens is 155 g/mol. The van der Waals surface area contributed by atoms with Crippen molar-refractivity contribution in [3.05, 3.63) is 11.9 Å². The zero-order chi connectivity index (χ0) is 8.60. The van der Waals surface area contributed by atoms with Crippen molar-refractivity contribution in [1.29, 1.82) is 0 Å². The molecule has 0 spiro atoms. The summed E-state index contributed by atoms with van der Waals surface area (Å²) in [6.07, 6.45) is 5.91. The molecule has 0 aromatic carbocycles. The van der Waals surface area contributed by atoms with Gasteiger partial charge in [-0.05, 0) is 37.2 Å². The van der Waals surface area contributed by atoms with Crippen molar-refractivity contribution in [2.75, 3.05) is 6.61 Å². The summed E-state index contributed by atoms with van der Waals surface area (Å²) in [7, 11) is 0. The van der Waals surface area contributed by atoms with E-state index >= 15 is 0 Å². The van der Waals surface area contributed by atoms with Crippen LogP contribution in [0.1, 0.15) is 32.1 Å². The molecule has 2 rings (SSSR count). The van der Waals surface area contributed by atoms with Crippen LogP contribution >= 0.6 is 0 Å². The van der Waals surface area contributed by atoms with Crippen LogP contribution in [0.25, 0.3) is 0 Å². The highest BCUT2D eigenvalue weighted by Crippen LogP contribution is 2.55. The van der Waals surface area contributed by atoms with Gasteiger partial charge in [-0.2, -0.15) is 0 Å². The van der Waals surface area contributed by atoms with Gasteiger partial charge in [-0.25, -0.2) is 4.39 Å². The Bertz CT molecular complexity index is 212. The number of aliphatic hydroxyl groups excluding tert-OH is 1. The van der Waals surface area contributed by atoms with Crippen LogP contribution in [0.4, 0.5) is 4.39 Å². The van der Waals surface area contributed by atoms with E-state index < -0.39 is 0 Å². The Kier molecular flexibility index (Phi) is 1.95. The van der Waals surface area contributed by atoms with Crippen LogP contribution < -0.4 is 0 Å². The molecule has 0 amide bonds. The summed E-state index contributed by atoms with van der Waals surface area (Å²) in [5, 5.41) is 9.29. The average molecular weight is 170 g/mol. The Morgan fingerprint density at radius 2 is 2.50 bits per heavy atom. The molecule has 1 unspecified atom stereocenters. The monoisotopic (exact) mass is 170 g/mol. The fourth-order valence-corrected chi connectivity index (χ4v) is 2.95. The molecule has 2 aliphatic rings. The first-order chi connectivity index (χ1) is 5.80. The topological polar surface area (TPSA) is 20.2 Å². The van der Waals surface area contributed by atoms with E-state index in [1.807, 2.05) is 0 Å². The first-order valence-electron chi connectivity index (χ1n) is 4.70. The van der Waals surface area contributed by atoms with E-state index in [9.17, 15) is 9.50 Å². The van der Waals surface area contributed by atoms with Crippen molar-refractivity contribution in [2.45, 2.75) is 32.1 Å². The van der Waals surface area contributed by atoms with Crippen LogP contribution in [0.5, 0.6) is 0 Å². The molecule has 2 atom stereocenters. The number of rotatable bonds is 1. The minimum atomic E-state index is 0.0674. The normalized spacial score (nSPS) is 43.8. The first kappa shape index (κ1) is 8.24. The van der Waals surface area contributed by atoms with Gasteiger partial charge in [0.25, 0.3) is 0 Å². The standard InChI is InChI=1S/C10H15FO/c11-6-8-4-9-2-1-3-10(9,5-8)7-12/h6,9,12H,1-5,7H2/b8-6+/t9?,10-/m0/s1. The summed E-state index contributed by atoms with van der Waals surface area (Å²) in [5.41, 5.74) is 0.978. The highest BCUT2D eigenvalue weighted by molar-refractivity contribution is 5.15. The van der Waals surface area contributed by atoms with Crippen molar-refractivity contribution < 1.29 is 9.50 Å². The molecular formula is C10H15FO. The summed E-state index contributed by atoms with van der Waals surface area (Å²) < 4.78 is 12.3. The number of allylic oxidation sites excluding steroid dienone is 1. The predicted octanol–water partition coefficient (Wildman–Crippen LogP) is 2.41. The minimum Gasteiger partial charge on any atom is -0.396 e. The molecule has 0 saturated heterocycles. The van der Waals surface area contributed by atoms with E-state index in [-0.39, 0.29) is 12.0 Å². The molecule has 2 aliphatic carbocycles. The Morgan fingerprint density at radius 1 is 1.67 bits per heavy atom. The third-order valence-electron chi connectivity index (χ3n) is 3.65. The molecule has 1 nitrogen and oxygen atoms in total. The Labute approximate surface area is 72.3 Å². The van der Waals surface area contributed by atoms with Gasteiger partial charge in [0.15, 0.2) is 0 Å². The summed E-state index contributed by atoms with van der Waals surface area (Å²) in [5.74, 6) is 0.560. The van der Waals surface area contributed by atoms with Crippen molar-refractivity contribution in [3.63, 3.8) is 0 Å². The zero-order valence-corrected chi connectivity index (χ0v) is 7.22. The fraction of sp³-hybridized carbons (Fsp3) is 0.800. The lowest BCUT2D eigenvalue weighted by molar-refractivity contribution is 0.107. The Morgan fingerprint density at radius 3 is 3.08 bits per heavy atom. The van der Waals surface area contributed by atoms with Crippen LogP contribution in [0.2, 0.25) is 0 Å². The molecule has 0 aromatic rings. The summed E-state index contributed by atoms with van der Waals surface area (Å²) in [4.78, 5) is 0. The second kappa shape index (κ2) is 2.84. The van der Waals surface area contributed by atoms with Gasteiger partial charge in [-0.3, -0.25) is 0 Å². The highest BCUT2D eigenvalue weighted by Gasteiger charge is 2.47. The predicted molar refractivity (Wildman–Crippen MR) is 45.3 cm³/mol. The van der Waals surface area contributed by atoms with Crippen molar-refractivity contribution in [2.24, 2.45) is 11.3 Å².